The van der Waals surface area contributed by atoms with Crippen LogP contribution < -0.4 is 10.6 Å². The molecule has 0 fully saturated rings. The molecule has 130 valence electrons. The van der Waals surface area contributed by atoms with Crippen molar-refractivity contribution in [2.24, 2.45) is 5.73 Å². The average molecular weight is 367 g/mol. The predicted molar refractivity (Wildman–Crippen MR) is 96.4 cm³/mol. The van der Waals surface area contributed by atoms with Gasteiger partial charge in [0.25, 0.3) is 10.0 Å². The number of nitrogens with two attached hydrogens (primary N) is 1. The van der Waals surface area contributed by atoms with Crippen molar-refractivity contribution < 1.29 is 12.8 Å². The van der Waals surface area contributed by atoms with Crippen LogP contribution in [0.2, 0.25) is 0 Å². The Morgan fingerprint density at radius 3 is 2.54 bits per heavy atom. The zero-order valence-corrected chi connectivity index (χ0v) is 15.1. The molecule has 0 unspecified atom stereocenters. The summed E-state index contributed by atoms with van der Waals surface area (Å²) in [6.45, 7) is 2.22. The highest BCUT2D eigenvalue weighted by molar-refractivity contribution is 7.89. The van der Waals surface area contributed by atoms with E-state index in [2.05, 4.69) is 11.8 Å². The van der Waals surface area contributed by atoms with E-state index in [9.17, 15) is 8.42 Å². The zero-order chi connectivity index (χ0) is 17.6. The van der Waals surface area contributed by atoms with Crippen molar-refractivity contribution in [3.05, 3.63) is 54.0 Å². The summed E-state index contributed by atoms with van der Waals surface area (Å²) in [4.78, 5) is 2.55. The molecule has 0 atom stereocenters. The second kappa shape index (κ2) is 8.27. The van der Waals surface area contributed by atoms with Crippen LogP contribution in [0, 0.1) is 0 Å². The first-order chi connectivity index (χ1) is 11.4. The summed E-state index contributed by atoms with van der Waals surface area (Å²) in [6.07, 6.45) is 4.60. The standard InChI is InChI=1S/C16H21N3O3S2/c1-2-3-5-13-7-9-15(10-8-13)24(20,21)18-19(16(17)23)12-14-6-4-11-22-14/h4,6-11,18H,2-3,5,12H2,1H3,(H2,17,23). The monoisotopic (exact) mass is 367 g/mol. The van der Waals surface area contributed by atoms with Gasteiger partial charge in [-0.25, -0.2) is 8.42 Å². The van der Waals surface area contributed by atoms with Gasteiger partial charge in [0.1, 0.15) is 5.76 Å². The van der Waals surface area contributed by atoms with Crippen LogP contribution >= 0.6 is 12.2 Å². The lowest BCUT2D eigenvalue weighted by molar-refractivity contribution is 0.333. The number of unbranched alkanes of at least 4 members (excludes halogenated alkanes) is 1. The molecular weight excluding hydrogens is 346 g/mol. The minimum Gasteiger partial charge on any atom is -0.467 e. The minimum atomic E-state index is -3.78. The largest absolute Gasteiger partial charge is 0.467 e. The average Bonchev–Trinajstić information content (AvgIpc) is 3.05. The molecule has 8 heteroatoms. The van der Waals surface area contributed by atoms with Gasteiger partial charge in [-0.15, -0.1) is 4.83 Å². The lowest BCUT2D eigenvalue weighted by Gasteiger charge is -2.22. The van der Waals surface area contributed by atoms with Gasteiger partial charge in [0.05, 0.1) is 17.7 Å². The smallest absolute Gasteiger partial charge is 0.257 e. The molecular formula is C16H21N3O3S2. The quantitative estimate of drug-likeness (QED) is 0.551. The van der Waals surface area contributed by atoms with Crippen LogP contribution in [0.5, 0.6) is 0 Å². The molecule has 1 aromatic heterocycles. The molecule has 0 aliphatic rings. The molecule has 6 nitrogen and oxygen atoms in total. The van der Waals surface area contributed by atoms with E-state index >= 15 is 0 Å². The summed E-state index contributed by atoms with van der Waals surface area (Å²) in [5.74, 6) is 0.542. The third-order valence-corrected chi connectivity index (χ3v) is 5.02. The molecule has 0 amide bonds. The van der Waals surface area contributed by atoms with E-state index in [0.717, 1.165) is 29.8 Å². The summed E-state index contributed by atoms with van der Waals surface area (Å²) >= 11 is 4.91. The van der Waals surface area contributed by atoms with Crippen molar-refractivity contribution in [3.63, 3.8) is 0 Å². The van der Waals surface area contributed by atoms with Crippen LogP contribution in [-0.2, 0) is 23.0 Å². The number of aryl methyl sites for hydroxylation is 1. The Labute approximate surface area is 147 Å². The summed E-state index contributed by atoms with van der Waals surface area (Å²) in [5, 5.41) is 1.07. The third kappa shape index (κ3) is 5.05. The van der Waals surface area contributed by atoms with Crippen LogP contribution in [0.1, 0.15) is 31.1 Å². The van der Waals surface area contributed by atoms with Gasteiger partial charge in [0, 0.05) is 0 Å². The molecule has 0 saturated heterocycles. The van der Waals surface area contributed by atoms with Crippen molar-refractivity contribution >= 4 is 27.4 Å². The molecule has 0 aliphatic heterocycles. The van der Waals surface area contributed by atoms with Gasteiger partial charge < -0.3 is 10.2 Å². The highest BCUT2D eigenvalue weighted by Crippen LogP contribution is 2.14. The van der Waals surface area contributed by atoms with Crippen LogP contribution in [-0.4, -0.2) is 18.5 Å². The Morgan fingerprint density at radius 1 is 1.29 bits per heavy atom. The maximum atomic E-state index is 12.5. The maximum Gasteiger partial charge on any atom is 0.257 e. The molecule has 1 heterocycles. The number of sulfonamides is 1. The lowest BCUT2D eigenvalue weighted by Crippen LogP contribution is -2.47. The van der Waals surface area contributed by atoms with Crippen molar-refractivity contribution in [2.45, 2.75) is 37.6 Å². The molecule has 0 radical (unpaired) electrons. The number of benzene rings is 1. The summed E-state index contributed by atoms with van der Waals surface area (Å²) in [5.41, 5.74) is 6.72. The fourth-order valence-electron chi connectivity index (χ4n) is 2.13. The van der Waals surface area contributed by atoms with Crippen LogP contribution in [0.25, 0.3) is 0 Å². The highest BCUT2D eigenvalue weighted by atomic mass is 32.2. The number of thiocarbonyl (C=S) groups is 1. The molecule has 24 heavy (non-hydrogen) atoms. The second-order valence-electron chi connectivity index (χ2n) is 5.35. The van der Waals surface area contributed by atoms with E-state index in [1.807, 2.05) is 12.1 Å². The number of nitrogens with one attached hydrogen (secondary N) is 1. The molecule has 3 N–H and O–H groups in total. The van der Waals surface area contributed by atoms with Crippen LogP contribution in [0.4, 0.5) is 0 Å². The zero-order valence-electron chi connectivity index (χ0n) is 13.4. The van der Waals surface area contributed by atoms with E-state index in [0.29, 0.717) is 5.76 Å². The fraction of sp³-hybridized carbons (Fsp3) is 0.312. The Bertz CT molecular complexity index is 756. The molecule has 0 bridgehead atoms. The van der Waals surface area contributed by atoms with Crippen LogP contribution in [0.3, 0.4) is 0 Å². The molecule has 2 rings (SSSR count). The maximum absolute atomic E-state index is 12.5. The van der Waals surface area contributed by atoms with Gasteiger partial charge in [-0.05, 0) is 54.9 Å². The molecule has 0 saturated carbocycles. The summed E-state index contributed by atoms with van der Waals surface area (Å²) < 4.78 is 30.2. The number of hydrogen-bond acceptors (Lipinski definition) is 4. The first kappa shape index (κ1) is 18.4. The number of nitrogens with zero attached hydrogens (tertiary/aromatic N) is 1. The normalized spacial score (nSPS) is 11.4. The van der Waals surface area contributed by atoms with Gasteiger partial charge in [0.15, 0.2) is 5.11 Å². The SMILES string of the molecule is CCCCc1ccc(S(=O)(=O)NN(Cc2ccco2)C(N)=S)cc1. The Kier molecular flexibility index (Phi) is 6.36. The first-order valence-electron chi connectivity index (χ1n) is 7.63. The predicted octanol–water partition coefficient (Wildman–Crippen LogP) is 2.56. The Morgan fingerprint density at radius 2 is 2.00 bits per heavy atom. The van der Waals surface area contributed by atoms with Gasteiger partial charge in [-0.1, -0.05) is 25.5 Å². The first-order valence-corrected chi connectivity index (χ1v) is 9.52. The molecule has 0 aliphatic carbocycles. The fourth-order valence-corrected chi connectivity index (χ4v) is 3.35. The van der Waals surface area contributed by atoms with Crippen LogP contribution in [0.15, 0.2) is 52.0 Å². The van der Waals surface area contributed by atoms with Crippen molar-refractivity contribution in [1.29, 1.82) is 0 Å². The summed E-state index contributed by atoms with van der Waals surface area (Å²) in [7, 11) is -3.78. The number of hydrazine groups is 1. The summed E-state index contributed by atoms with van der Waals surface area (Å²) in [6, 6.07) is 10.2. The minimum absolute atomic E-state index is 0.0884. The van der Waals surface area contributed by atoms with E-state index in [1.54, 1.807) is 24.3 Å². The van der Waals surface area contributed by atoms with E-state index in [1.165, 1.54) is 6.26 Å². The Balaban J connectivity index is 2.11. The lowest BCUT2D eigenvalue weighted by atomic mass is 10.1. The van der Waals surface area contributed by atoms with Crippen molar-refractivity contribution in [1.82, 2.24) is 9.84 Å². The van der Waals surface area contributed by atoms with E-state index in [-0.39, 0.29) is 16.6 Å². The van der Waals surface area contributed by atoms with Gasteiger partial charge in [-0.2, -0.15) is 0 Å². The highest BCUT2D eigenvalue weighted by Gasteiger charge is 2.20. The second-order valence-corrected chi connectivity index (χ2v) is 7.43. The topological polar surface area (TPSA) is 88.6 Å². The third-order valence-electron chi connectivity index (χ3n) is 3.44. The van der Waals surface area contributed by atoms with E-state index in [4.69, 9.17) is 22.4 Å². The molecule has 2 aromatic rings. The molecule has 1 aromatic carbocycles. The number of furan rings is 1. The van der Waals surface area contributed by atoms with Crippen molar-refractivity contribution in [2.75, 3.05) is 0 Å². The van der Waals surface area contributed by atoms with E-state index < -0.39 is 10.0 Å². The Hall–Kier alpha value is -1.90. The van der Waals surface area contributed by atoms with Gasteiger partial charge in [0.2, 0.25) is 0 Å². The van der Waals surface area contributed by atoms with Crippen molar-refractivity contribution in [3.8, 4) is 0 Å². The number of hydrogen-bond donors (Lipinski definition) is 2. The van der Waals surface area contributed by atoms with Gasteiger partial charge in [-0.3, -0.25) is 5.01 Å². The number of rotatable bonds is 8. The molecule has 0 spiro atoms. The van der Waals surface area contributed by atoms with Gasteiger partial charge >= 0.3 is 0 Å².